The van der Waals surface area contributed by atoms with Crippen LogP contribution in [0.25, 0.3) is 0 Å². The Balaban J connectivity index is 1.63. The summed E-state index contributed by atoms with van der Waals surface area (Å²) in [6.07, 6.45) is 0.793. The summed E-state index contributed by atoms with van der Waals surface area (Å²) in [6, 6.07) is 15.2. The first-order chi connectivity index (χ1) is 12.0. The van der Waals surface area contributed by atoms with Crippen molar-refractivity contribution >= 4 is 15.9 Å². The van der Waals surface area contributed by atoms with Crippen molar-refractivity contribution < 1.29 is 17.9 Å². The first-order valence-electron chi connectivity index (χ1n) is 8.07. The summed E-state index contributed by atoms with van der Waals surface area (Å²) in [5, 5.41) is 2.87. The lowest BCUT2D eigenvalue weighted by molar-refractivity contribution is 0.0930. The number of hydrogen-bond acceptors (Lipinski definition) is 4. The fraction of sp³-hybridized carbons (Fsp3) is 0.278. The second-order valence-corrected chi connectivity index (χ2v) is 7.64. The van der Waals surface area contributed by atoms with Gasteiger partial charge in [-0.1, -0.05) is 30.3 Å². The SMILES string of the molecule is O=C(NC1CCOC1)c1ccc(S(=O)(=O)NCc2ccccc2)cc1. The van der Waals surface area contributed by atoms with Gasteiger partial charge in [-0.2, -0.15) is 0 Å². The highest BCUT2D eigenvalue weighted by Gasteiger charge is 2.19. The second kappa shape index (κ2) is 7.77. The van der Waals surface area contributed by atoms with Crippen molar-refractivity contribution in [3.05, 3.63) is 65.7 Å². The summed E-state index contributed by atoms with van der Waals surface area (Å²) in [5.74, 6) is -0.225. The number of amides is 1. The molecule has 1 heterocycles. The summed E-state index contributed by atoms with van der Waals surface area (Å²) in [4.78, 5) is 12.3. The molecule has 1 atom stereocenters. The topological polar surface area (TPSA) is 84.5 Å². The minimum Gasteiger partial charge on any atom is -0.379 e. The Labute approximate surface area is 147 Å². The number of hydrogen-bond donors (Lipinski definition) is 2. The molecule has 0 spiro atoms. The van der Waals surface area contributed by atoms with Crippen molar-refractivity contribution in [1.82, 2.24) is 10.0 Å². The summed E-state index contributed by atoms with van der Waals surface area (Å²) >= 11 is 0. The van der Waals surface area contributed by atoms with E-state index in [1.807, 2.05) is 30.3 Å². The number of rotatable bonds is 6. The highest BCUT2D eigenvalue weighted by molar-refractivity contribution is 7.89. The Morgan fingerprint density at radius 2 is 1.80 bits per heavy atom. The number of sulfonamides is 1. The molecule has 2 aromatic carbocycles. The molecule has 132 valence electrons. The van der Waals surface area contributed by atoms with Crippen molar-refractivity contribution in [3.63, 3.8) is 0 Å². The van der Waals surface area contributed by atoms with Crippen LogP contribution in [0, 0.1) is 0 Å². The largest absolute Gasteiger partial charge is 0.379 e. The third-order valence-corrected chi connectivity index (χ3v) is 5.42. The van der Waals surface area contributed by atoms with E-state index in [0.717, 1.165) is 12.0 Å². The van der Waals surface area contributed by atoms with Gasteiger partial charge in [0.1, 0.15) is 0 Å². The zero-order valence-corrected chi connectivity index (χ0v) is 14.5. The monoisotopic (exact) mass is 360 g/mol. The molecule has 1 aliphatic heterocycles. The quantitative estimate of drug-likeness (QED) is 0.821. The molecule has 0 radical (unpaired) electrons. The summed E-state index contributed by atoms with van der Waals surface area (Å²) in [6.45, 7) is 1.38. The molecule has 0 bridgehead atoms. The predicted molar refractivity (Wildman–Crippen MR) is 93.6 cm³/mol. The van der Waals surface area contributed by atoms with Crippen molar-refractivity contribution in [1.29, 1.82) is 0 Å². The molecule has 2 aromatic rings. The van der Waals surface area contributed by atoms with E-state index in [1.165, 1.54) is 24.3 Å². The Morgan fingerprint density at radius 1 is 1.08 bits per heavy atom. The maximum absolute atomic E-state index is 12.3. The molecular weight excluding hydrogens is 340 g/mol. The van der Waals surface area contributed by atoms with E-state index >= 15 is 0 Å². The fourth-order valence-corrected chi connectivity index (χ4v) is 3.58. The van der Waals surface area contributed by atoms with Crippen molar-refractivity contribution in [2.75, 3.05) is 13.2 Å². The number of carbonyl (C=O) groups is 1. The van der Waals surface area contributed by atoms with Crippen LogP contribution in [0.1, 0.15) is 22.3 Å². The molecule has 1 saturated heterocycles. The predicted octanol–water partition coefficient (Wildman–Crippen LogP) is 1.68. The number of carbonyl (C=O) groups excluding carboxylic acids is 1. The molecule has 1 aliphatic rings. The smallest absolute Gasteiger partial charge is 0.251 e. The normalized spacial score (nSPS) is 17.4. The molecule has 1 amide bonds. The lowest BCUT2D eigenvalue weighted by Crippen LogP contribution is -2.35. The van der Waals surface area contributed by atoms with Gasteiger partial charge in [-0.25, -0.2) is 13.1 Å². The maximum Gasteiger partial charge on any atom is 0.251 e. The molecule has 2 N–H and O–H groups in total. The Bertz CT molecular complexity index is 814. The van der Waals surface area contributed by atoms with Crippen LogP contribution in [0.4, 0.5) is 0 Å². The third kappa shape index (κ3) is 4.66. The van der Waals surface area contributed by atoms with Crippen molar-refractivity contribution in [3.8, 4) is 0 Å². The highest BCUT2D eigenvalue weighted by atomic mass is 32.2. The van der Waals surface area contributed by atoms with Gasteiger partial charge in [0.2, 0.25) is 10.0 Å². The van der Waals surface area contributed by atoms with Crippen LogP contribution in [0.2, 0.25) is 0 Å². The van der Waals surface area contributed by atoms with Gasteiger partial charge in [0.15, 0.2) is 0 Å². The van der Waals surface area contributed by atoms with Gasteiger partial charge in [-0.05, 0) is 36.2 Å². The third-order valence-electron chi connectivity index (χ3n) is 4.00. The van der Waals surface area contributed by atoms with Gasteiger partial charge in [0.25, 0.3) is 5.91 Å². The summed E-state index contributed by atoms with van der Waals surface area (Å²) in [5.41, 5.74) is 1.30. The first kappa shape index (κ1) is 17.6. The molecule has 7 heteroatoms. The molecule has 1 fully saturated rings. The van der Waals surface area contributed by atoms with Crippen LogP contribution in [0.3, 0.4) is 0 Å². The maximum atomic E-state index is 12.3. The van der Waals surface area contributed by atoms with Crippen LogP contribution in [-0.2, 0) is 21.3 Å². The van der Waals surface area contributed by atoms with Crippen LogP contribution in [0.5, 0.6) is 0 Å². The van der Waals surface area contributed by atoms with E-state index in [9.17, 15) is 13.2 Å². The van der Waals surface area contributed by atoms with Crippen LogP contribution in [-0.4, -0.2) is 33.6 Å². The van der Waals surface area contributed by atoms with Gasteiger partial charge in [-0.15, -0.1) is 0 Å². The van der Waals surface area contributed by atoms with Crippen molar-refractivity contribution in [2.45, 2.75) is 23.9 Å². The minimum absolute atomic E-state index is 0.0171. The first-order valence-corrected chi connectivity index (χ1v) is 9.55. The van der Waals surface area contributed by atoms with Crippen LogP contribution >= 0.6 is 0 Å². The van der Waals surface area contributed by atoms with Gasteiger partial charge in [0, 0.05) is 18.7 Å². The minimum atomic E-state index is -3.63. The highest BCUT2D eigenvalue weighted by Crippen LogP contribution is 2.12. The number of benzene rings is 2. The van der Waals surface area contributed by atoms with E-state index in [1.54, 1.807) is 0 Å². The van der Waals surface area contributed by atoms with Gasteiger partial charge in [0.05, 0.1) is 17.5 Å². The molecule has 6 nitrogen and oxygen atoms in total. The van der Waals surface area contributed by atoms with E-state index in [-0.39, 0.29) is 23.4 Å². The van der Waals surface area contributed by atoms with Gasteiger partial charge < -0.3 is 10.1 Å². The van der Waals surface area contributed by atoms with E-state index < -0.39 is 10.0 Å². The number of nitrogens with one attached hydrogen (secondary N) is 2. The van der Waals surface area contributed by atoms with E-state index in [2.05, 4.69) is 10.0 Å². The molecular formula is C18H20N2O4S. The zero-order valence-electron chi connectivity index (χ0n) is 13.6. The molecule has 0 aromatic heterocycles. The molecule has 1 unspecified atom stereocenters. The summed E-state index contributed by atoms with van der Waals surface area (Å²) in [7, 11) is -3.63. The Kier molecular flexibility index (Phi) is 5.47. The van der Waals surface area contributed by atoms with Crippen LogP contribution < -0.4 is 10.0 Å². The standard InChI is InChI=1S/C18H20N2O4S/c21-18(20-16-10-11-24-13-16)15-6-8-17(9-7-15)25(22,23)19-12-14-4-2-1-3-5-14/h1-9,16,19H,10-13H2,(H,20,21). The second-order valence-electron chi connectivity index (χ2n) is 5.87. The molecule has 0 saturated carbocycles. The van der Waals surface area contributed by atoms with Gasteiger partial charge in [-0.3, -0.25) is 4.79 Å². The van der Waals surface area contributed by atoms with E-state index in [0.29, 0.717) is 18.8 Å². The molecule has 0 aliphatic carbocycles. The average Bonchev–Trinajstić information content (AvgIpc) is 3.14. The lowest BCUT2D eigenvalue weighted by atomic mass is 10.2. The van der Waals surface area contributed by atoms with Crippen molar-refractivity contribution in [2.24, 2.45) is 0 Å². The zero-order chi connectivity index (χ0) is 17.7. The summed E-state index contributed by atoms with van der Waals surface area (Å²) < 4.78 is 32.4. The van der Waals surface area contributed by atoms with E-state index in [4.69, 9.17) is 4.74 Å². The Hall–Kier alpha value is -2.22. The van der Waals surface area contributed by atoms with Crippen LogP contribution in [0.15, 0.2) is 59.5 Å². The number of ether oxygens (including phenoxy) is 1. The molecule has 3 rings (SSSR count). The van der Waals surface area contributed by atoms with Gasteiger partial charge >= 0.3 is 0 Å². The average molecular weight is 360 g/mol. The molecule has 25 heavy (non-hydrogen) atoms. The lowest BCUT2D eigenvalue weighted by Gasteiger charge is -2.11. The Morgan fingerprint density at radius 3 is 2.44 bits per heavy atom. The fourth-order valence-electron chi connectivity index (χ4n) is 2.56.